The van der Waals surface area contributed by atoms with E-state index in [1.807, 2.05) is 13.8 Å². The highest BCUT2D eigenvalue weighted by atomic mass is 79.9. The quantitative estimate of drug-likeness (QED) is 0.850. The van der Waals surface area contributed by atoms with Crippen LogP contribution in [0.2, 0.25) is 0 Å². The summed E-state index contributed by atoms with van der Waals surface area (Å²) in [6.45, 7) is 3.74. The number of halogens is 3. The molecule has 17 heavy (non-hydrogen) atoms. The molecule has 94 valence electrons. The van der Waals surface area contributed by atoms with Gasteiger partial charge in [0.2, 0.25) is 0 Å². The molecule has 1 rings (SSSR count). The first-order valence-corrected chi connectivity index (χ1v) is 6.37. The van der Waals surface area contributed by atoms with Gasteiger partial charge in [-0.15, -0.1) is 0 Å². The van der Waals surface area contributed by atoms with E-state index in [0.717, 1.165) is 18.2 Å². The molecular formula is C12H14BrF2NO. The van der Waals surface area contributed by atoms with Gasteiger partial charge in [0, 0.05) is 10.9 Å². The molecule has 2 nitrogen and oxygen atoms in total. The Hall–Kier alpha value is -0.970. The maximum atomic E-state index is 13.4. The first-order chi connectivity index (χ1) is 7.91. The molecule has 0 bridgehead atoms. The number of rotatable bonds is 4. The second-order valence-electron chi connectivity index (χ2n) is 4.13. The van der Waals surface area contributed by atoms with E-state index in [1.54, 1.807) is 0 Å². The molecule has 0 radical (unpaired) electrons. The molecule has 0 aliphatic heterocycles. The fraction of sp³-hybridized carbons (Fsp3) is 0.417. The van der Waals surface area contributed by atoms with Gasteiger partial charge >= 0.3 is 0 Å². The first kappa shape index (κ1) is 14.1. The van der Waals surface area contributed by atoms with Gasteiger partial charge in [-0.1, -0.05) is 22.9 Å². The van der Waals surface area contributed by atoms with Crippen molar-refractivity contribution in [3.63, 3.8) is 0 Å². The van der Waals surface area contributed by atoms with Crippen molar-refractivity contribution >= 4 is 21.8 Å². The fourth-order valence-electron chi connectivity index (χ4n) is 1.23. The highest BCUT2D eigenvalue weighted by Crippen LogP contribution is 2.15. The summed E-state index contributed by atoms with van der Waals surface area (Å²) in [7, 11) is 0. The summed E-state index contributed by atoms with van der Waals surface area (Å²) in [5, 5.41) is 3.23. The Kier molecular flexibility index (Phi) is 4.62. The Bertz CT molecular complexity index is 419. The van der Waals surface area contributed by atoms with Gasteiger partial charge in [-0.2, -0.15) is 0 Å². The molecule has 0 aliphatic rings. The molecule has 1 aromatic rings. The molecule has 1 N–H and O–H groups in total. The zero-order chi connectivity index (χ0) is 13.1. The van der Waals surface area contributed by atoms with Crippen molar-refractivity contribution < 1.29 is 13.6 Å². The van der Waals surface area contributed by atoms with E-state index in [9.17, 15) is 13.6 Å². The van der Waals surface area contributed by atoms with Gasteiger partial charge in [-0.3, -0.25) is 4.79 Å². The second kappa shape index (κ2) is 5.58. The first-order valence-electron chi connectivity index (χ1n) is 5.25. The number of amides is 1. The maximum Gasteiger partial charge on any atom is 0.254 e. The number of carbonyl (C=O) groups is 1. The molecule has 1 unspecified atom stereocenters. The average Bonchev–Trinajstić information content (AvgIpc) is 2.32. The largest absolute Gasteiger partial charge is 0.346 e. The molecule has 1 atom stereocenters. The third-order valence-electron chi connectivity index (χ3n) is 2.66. The lowest BCUT2D eigenvalue weighted by Crippen LogP contribution is -2.47. The van der Waals surface area contributed by atoms with Crippen LogP contribution >= 0.6 is 15.9 Å². The van der Waals surface area contributed by atoms with Gasteiger partial charge in [0.1, 0.15) is 11.6 Å². The molecule has 1 aromatic carbocycles. The number of hydrogen-bond donors (Lipinski definition) is 1. The molecule has 0 spiro atoms. The molecule has 5 heteroatoms. The molecule has 0 aliphatic carbocycles. The van der Waals surface area contributed by atoms with Crippen LogP contribution in [0, 0.1) is 11.6 Å². The summed E-state index contributed by atoms with van der Waals surface area (Å²) in [6.07, 6.45) is 0.681. The van der Waals surface area contributed by atoms with Crippen LogP contribution in [0.1, 0.15) is 30.6 Å². The number of hydrogen-bond acceptors (Lipinski definition) is 1. The third-order valence-corrected chi connectivity index (χ3v) is 3.90. The highest BCUT2D eigenvalue weighted by molar-refractivity contribution is 9.09. The monoisotopic (exact) mass is 305 g/mol. The summed E-state index contributed by atoms with van der Waals surface area (Å²) in [5.74, 6) is -1.96. The van der Waals surface area contributed by atoms with Crippen LogP contribution in [-0.2, 0) is 0 Å². The van der Waals surface area contributed by atoms with Crippen LogP contribution in [0.4, 0.5) is 8.78 Å². The molecule has 0 heterocycles. The minimum absolute atomic E-state index is 0.273. The van der Waals surface area contributed by atoms with Crippen LogP contribution in [0.25, 0.3) is 0 Å². The zero-order valence-electron chi connectivity index (χ0n) is 9.69. The van der Waals surface area contributed by atoms with Crippen molar-refractivity contribution in [2.24, 2.45) is 0 Å². The second-order valence-corrected chi connectivity index (χ2v) is 4.69. The zero-order valence-corrected chi connectivity index (χ0v) is 11.3. The Morgan fingerprint density at radius 2 is 2.12 bits per heavy atom. The average molecular weight is 306 g/mol. The van der Waals surface area contributed by atoms with E-state index in [1.165, 1.54) is 0 Å². The van der Waals surface area contributed by atoms with Crippen LogP contribution in [0.3, 0.4) is 0 Å². The third kappa shape index (κ3) is 3.49. The van der Waals surface area contributed by atoms with E-state index < -0.39 is 23.1 Å². The normalized spacial score (nSPS) is 14.2. The molecule has 0 saturated heterocycles. The van der Waals surface area contributed by atoms with Crippen LogP contribution < -0.4 is 5.32 Å². The van der Waals surface area contributed by atoms with Crippen molar-refractivity contribution in [2.75, 3.05) is 5.33 Å². The number of alkyl halides is 1. The smallest absolute Gasteiger partial charge is 0.254 e. The van der Waals surface area contributed by atoms with E-state index >= 15 is 0 Å². The Balaban J connectivity index is 2.94. The van der Waals surface area contributed by atoms with Gasteiger partial charge in [-0.05, 0) is 31.5 Å². The summed E-state index contributed by atoms with van der Waals surface area (Å²) in [6, 6.07) is 2.83. The van der Waals surface area contributed by atoms with Gasteiger partial charge < -0.3 is 5.32 Å². The molecule has 0 saturated carbocycles. The number of carbonyl (C=O) groups excluding carboxylic acids is 1. The lowest BCUT2D eigenvalue weighted by atomic mass is 10.0. The lowest BCUT2D eigenvalue weighted by Gasteiger charge is -2.27. The van der Waals surface area contributed by atoms with Crippen LogP contribution in [0.15, 0.2) is 18.2 Å². The molecular weight excluding hydrogens is 292 g/mol. The predicted octanol–water partition coefficient (Wildman–Crippen LogP) is 3.26. The van der Waals surface area contributed by atoms with Crippen molar-refractivity contribution in [3.05, 3.63) is 35.4 Å². The van der Waals surface area contributed by atoms with Crippen LogP contribution in [-0.4, -0.2) is 16.8 Å². The summed E-state index contributed by atoms with van der Waals surface area (Å²) in [4.78, 5) is 11.8. The van der Waals surface area contributed by atoms with Crippen LogP contribution in [0.5, 0.6) is 0 Å². The fourth-order valence-corrected chi connectivity index (χ4v) is 1.77. The Morgan fingerprint density at radius 1 is 1.47 bits per heavy atom. The molecule has 0 fully saturated rings. The minimum atomic E-state index is -0.725. The summed E-state index contributed by atoms with van der Waals surface area (Å²) >= 11 is 3.28. The van der Waals surface area contributed by atoms with E-state index in [4.69, 9.17) is 0 Å². The van der Waals surface area contributed by atoms with Gasteiger partial charge in [0.05, 0.1) is 5.56 Å². The number of benzene rings is 1. The number of nitrogens with one attached hydrogen (secondary N) is 1. The minimum Gasteiger partial charge on any atom is -0.346 e. The van der Waals surface area contributed by atoms with Crippen molar-refractivity contribution in [1.29, 1.82) is 0 Å². The maximum absolute atomic E-state index is 13.4. The topological polar surface area (TPSA) is 29.1 Å². The molecule has 1 amide bonds. The van der Waals surface area contributed by atoms with E-state index in [0.29, 0.717) is 11.8 Å². The standard InChI is InChI=1S/C12H14BrF2NO/c1-3-12(2,7-13)16-11(17)9-6-8(14)4-5-10(9)15/h4-6H,3,7H2,1-2H3,(H,16,17). The van der Waals surface area contributed by atoms with Gasteiger partial charge in [0.25, 0.3) is 5.91 Å². The van der Waals surface area contributed by atoms with Gasteiger partial charge in [-0.25, -0.2) is 8.78 Å². The Morgan fingerprint density at radius 3 is 2.65 bits per heavy atom. The summed E-state index contributed by atoms with van der Waals surface area (Å²) in [5.41, 5.74) is -0.749. The molecule has 0 aromatic heterocycles. The SMILES string of the molecule is CCC(C)(CBr)NC(=O)c1cc(F)ccc1F. The Labute approximate surface area is 108 Å². The lowest BCUT2D eigenvalue weighted by molar-refractivity contribution is 0.0908. The van der Waals surface area contributed by atoms with Crippen molar-refractivity contribution in [1.82, 2.24) is 5.32 Å². The highest BCUT2D eigenvalue weighted by Gasteiger charge is 2.24. The van der Waals surface area contributed by atoms with Crippen molar-refractivity contribution in [2.45, 2.75) is 25.8 Å². The van der Waals surface area contributed by atoms with E-state index in [-0.39, 0.29) is 5.56 Å². The van der Waals surface area contributed by atoms with E-state index in [2.05, 4.69) is 21.2 Å². The predicted molar refractivity (Wildman–Crippen MR) is 66.3 cm³/mol. The van der Waals surface area contributed by atoms with Gasteiger partial charge in [0.15, 0.2) is 0 Å². The van der Waals surface area contributed by atoms with Crippen molar-refractivity contribution in [3.8, 4) is 0 Å². The summed E-state index contributed by atoms with van der Waals surface area (Å²) < 4.78 is 26.3.